The van der Waals surface area contributed by atoms with Crippen LogP contribution in [0.3, 0.4) is 0 Å². The number of benzene rings is 8. The molecule has 24 N–H and O–H groups in total. The molecule has 8 aromatic carbocycles. The highest BCUT2D eigenvalue weighted by atomic mass is 31.2. The second-order valence-corrected chi connectivity index (χ2v) is 35.5. The van der Waals surface area contributed by atoms with Crippen molar-refractivity contribution in [3.63, 3.8) is 0 Å². The zero-order valence-corrected chi connectivity index (χ0v) is 55.6. The van der Waals surface area contributed by atoms with E-state index in [9.17, 15) is 156 Å². The third-order valence-electron chi connectivity index (χ3n) is 15.8. The average molecular weight is 1490 g/mol. The smallest absolute Gasteiger partial charge is 0.356 e. The van der Waals surface area contributed by atoms with Gasteiger partial charge in [0.15, 0.2) is 0 Å². The molecule has 1 aliphatic rings. The van der Waals surface area contributed by atoms with Crippen LogP contribution < -0.4 is 42.4 Å². The highest BCUT2D eigenvalue weighted by Gasteiger charge is 2.34. The minimum Gasteiger partial charge on any atom is -0.507 e. The molecule has 0 aromatic heterocycles. The number of phenolic OH excluding ortho intramolecular Hbond substituents is 8. The quantitative estimate of drug-likeness (QED) is 0.0935. The zero-order chi connectivity index (χ0) is 71.4. The summed E-state index contributed by atoms with van der Waals surface area (Å²) in [4.78, 5) is 169. The van der Waals surface area contributed by atoms with E-state index in [1.807, 2.05) is 0 Å². The second-order valence-electron chi connectivity index (χ2n) is 22.7. The number of rotatable bonds is 8. The lowest BCUT2D eigenvalue weighted by molar-refractivity contribution is 0.385. The van der Waals surface area contributed by atoms with Crippen LogP contribution in [0.25, 0.3) is 0 Å². The Labute approximate surface area is 540 Å². The van der Waals surface area contributed by atoms with Crippen molar-refractivity contribution in [1.29, 1.82) is 0 Å². The largest absolute Gasteiger partial charge is 0.507 e. The minimum absolute atomic E-state index is 0.585. The van der Waals surface area contributed by atoms with Gasteiger partial charge in [-0.05, 0) is 186 Å². The first-order valence-corrected chi connectivity index (χ1v) is 40.0. The lowest BCUT2D eigenvalue weighted by Gasteiger charge is -2.20. The number of hydrogen-bond acceptors (Lipinski definition) is 16. The third kappa shape index (κ3) is 16.1. The van der Waals surface area contributed by atoms with Crippen LogP contribution in [0, 0.1) is 0 Å². The molecule has 32 nitrogen and oxygen atoms in total. The fraction of sp³-hybridized carbons (Fsp3) is 0.143. The maximum absolute atomic E-state index is 13.1. The van der Waals surface area contributed by atoms with Crippen molar-refractivity contribution in [2.45, 2.75) is 51.4 Å². The average Bonchev–Trinajstić information content (AvgIpc) is 0.783. The summed E-state index contributed by atoms with van der Waals surface area (Å²) in [7, 11) is -43.9. The molecule has 0 radical (unpaired) electrons. The van der Waals surface area contributed by atoms with Crippen LogP contribution in [-0.4, -0.2) is 119 Å². The van der Waals surface area contributed by atoms with Gasteiger partial charge in [0, 0.05) is 51.4 Å². The van der Waals surface area contributed by atoms with Gasteiger partial charge >= 0.3 is 60.8 Å². The summed E-state index contributed by atoms with van der Waals surface area (Å²) in [5, 5.41) is 88.4. The van der Waals surface area contributed by atoms with E-state index in [1.54, 1.807) is 0 Å². The predicted octanol–water partition coefficient (Wildman–Crippen LogP) is 0.795. The Morgan fingerprint density at radius 2 is 0.219 bits per heavy atom. The monoisotopic (exact) mass is 1490 g/mol. The summed E-state index contributed by atoms with van der Waals surface area (Å²) in [6, 6.07) is 11.0. The van der Waals surface area contributed by atoms with E-state index in [2.05, 4.69) is 0 Å². The van der Waals surface area contributed by atoms with Gasteiger partial charge in [-0.2, -0.15) is 0 Å². The van der Waals surface area contributed by atoms with Gasteiger partial charge in [0.1, 0.15) is 46.0 Å². The van der Waals surface area contributed by atoms with Crippen molar-refractivity contribution in [1.82, 2.24) is 0 Å². The molecule has 1 aliphatic carbocycles. The number of phenols is 8. The number of aromatic hydroxyl groups is 8. The molecule has 0 amide bonds. The Kier molecular flexibility index (Phi) is 19.9. The summed E-state index contributed by atoms with van der Waals surface area (Å²) in [6.07, 6.45) is -7.67. The van der Waals surface area contributed by atoms with Crippen LogP contribution in [0.1, 0.15) is 89.0 Å². The van der Waals surface area contributed by atoms with Crippen LogP contribution >= 0.6 is 60.8 Å². The van der Waals surface area contributed by atoms with Gasteiger partial charge in [-0.1, -0.05) is 0 Å². The lowest BCUT2D eigenvalue weighted by atomic mass is 9.91. The Hall–Kier alpha value is -6.64. The molecule has 96 heavy (non-hydrogen) atoms. The van der Waals surface area contributed by atoms with Gasteiger partial charge in [0.05, 0.1) is 42.4 Å². The molecule has 0 unspecified atom stereocenters. The first-order valence-electron chi connectivity index (χ1n) is 27.1. The highest BCUT2D eigenvalue weighted by Crippen LogP contribution is 2.48. The molecule has 0 atom stereocenters. The number of hydrogen-bond donors (Lipinski definition) is 24. The molecule has 9 rings (SSSR count). The Morgan fingerprint density at radius 3 is 0.271 bits per heavy atom. The molecule has 0 heterocycles. The van der Waals surface area contributed by atoms with E-state index in [-0.39, 0.29) is 0 Å². The Bertz CT molecular complexity index is 3890. The first-order chi connectivity index (χ1) is 43.9. The predicted molar refractivity (Wildman–Crippen MR) is 341 cm³/mol. The Balaban J connectivity index is 1.35. The number of fused-ring (bicyclic) bond motifs is 16. The fourth-order valence-corrected chi connectivity index (χ4v) is 16.3. The van der Waals surface area contributed by atoms with Crippen LogP contribution in [0.2, 0.25) is 0 Å². The Morgan fingerprint density at radius 1 is 0.156 bits per heavy atom. The summed E-state index contributed by atoms with van der Waals surface area (Å²) < 4.78 is 105. The summed E-state index contributed by atoms with van der Waals surface area (Å²) in [6.45, 7) is 0. The molecule has 0 fully saturated rings. The van der Waals surface area contributed by atoms with Crippen molar-refractivity contribution in [2.75, 3.05) is 0 Å². The van der Waals surface area contributed by atoms with Crippen LogP contribution in [0.5, 0.6) is 46.0 Å². The standard InChI is InChI=1S/C56H56O32P8/c57-49-25-1-26-10-42(90(68,69)70)12-28(50(26)58)3-30-14-44(92(74,75)76)16-32(52(30)60)5-34-18-46(94(80,81)82)20-36(54(34)62)7-38-22-48(96(86,87)88)24-40(56(38)64)8-39-23-47(95(83,84)85)21-37(55(39)63)6-35-19-45(93(77,78)79)17-33(53(35)61)4-31-15-43(91(71,72)73)13-29(51(31)59)2-27(49)11-41(9-25)89(65,66)67/h9-24,57-64H,1-8H2,(H2,65,66,67)(H2,68,69,70)(H2,71,72,73)(H2,74,75,76)(H2,77,78,79)(H2,80,81,82)(H2,83,84,85)(H2,86,87,88). The van der Waals surface area contributed by atoms with E-state index in [0.29, 0.717) is 97.1 Å². The molecule has 0 spiro atoms. The molecule has 16 bridgehead atoms. The molecule has 8 aromatic rings. The molecule has 40 heteroatoms. The normalized spacial score (nSPS) is 14.2. The van der Waals surface area contributed by atoms with Gasteiger partial charge in [-0.3, -0.25) is 36.5 Å². The van der Waals surface area contributed by atoms with Crippen molar-refractivity contribution in [2.24, 2.45) is 0 Å². The van der Waals surface area contributed by atoms with E-state index < -0.39 is 290 Å². The summed E-state index contributed by atoms with van der Waals surface area (Å²) >= 11 is 0. The van der Waals surface area contributed by atoms with Gasteiger partial charge in [0.2, 0.25) is 0 Å². The first kappa shape index (κ1) is 73.6. The molecule has 0 saturated carbocycles. The minimum atomic E-state index is -5.49. The van der Waals surface area contributed by atoms with Gasteiger partial charge in [-0.25, -0.2) is 0 Å². The van der Waals surface area contributed by atoms with Crippen molar-refractivity contribution in [3.05, 3.63) is 186 Å². The molecule has 0 aliphatic heterocycles. The second kappa shape index (κ2) is 25.9. The van der Waals surface area contributed by atoms with Crippen molar-refractivity contribution < 1.29 is 156 Å². The SMILES string of the molecule is O=P(O)(O)c1cc2c(O)c(c1)Cc1cc(P(=O)(O)O)cc(c1O)Cc1cc(P(=O)(O)O)cc(c1O)Cc1cc(P(=O)(O)O)cc(c1O)Cc1cc(P(=O)(O)O)cc(c1O)Cc1cc(P(=O)(O)O)cc(c1O)Cc1cc(P(=O)(O)O)cc(c1O)Cc1cc(P(=O)(O)O)cc(c1O)C2. The summed E-state index contributed by atoms with van der Waals surface area (Å²) in [5.41, 5.74) is -9.36. The topological polar surface area (TPSA) is 622 Å². The van der Waals surface area contributed by atoms with E-state index in [4.69, 9.17) is 0 Å². The third-order valence-corrected chi connectivity index (χ3v) is 23.2. The van der Waals surface area contributed by atoms with Gasteiger partial charge in [-0.15, -0.1) is 0 Å². The summed E-state index contributed by atoms with van der Waals surface area (Å²) in [5.74, 6) is -7.70. The van der Waals surface area contributed by atoms with Crippen molar-refractivity contribution >= 4 is 103 Å². The lowest BCUT2D eigenvalue weighted by Crippen LogP contribution is -2.14. The fourth-order valence-electron chi connectivity index (χ4n) is 11.1. The molecule has 0 saturated heterocycles. The maximum atomic E-state index is 13.1. The molecular weight excluding hydrogens is 1430 g/mol. The van der Waals surface area contributed by atoms with Crippen LogP contribution in [-0.2, 0) is 87.9 Å². The van der Waals surface area contributed by atoms with E-state index in [0.717, 1.165) is 0 Å². The molecule has 512 valence electrons. The van der Waals surface area contributed by atoms with Crippen LogP contribution in [0.4, 0.5) is 0 Å². The maximum Gasteiger partial charge on any atom is 0.356 e. The van der Waals surface area contributed by atoms with Gasteiger partial charge in [0.25, 0.3) is 0 Å². The molecular formula is C56H56O32P8. The zero-order valence-electron chi connectivity index (χ0n) is 48.5. The van der Waals surface area contributed by atoms with Gasteiger partial charge < -0.3 is 119 Å². The highest BCUT2D eigenvalue weighted by molar-refractivity contribution is 7.62. The van der Waals surface area contributed by atoms with Crippen LogP contribution in [0.15, 0.2) is 97.1 Å². The van der Waals surface area contributed by atoms with E-state index in [1.165, 1.54) is 0 Å². The van der Waals surface area contributed by atoms with Crippen molar-refractivity contribution in [3.8, 4) is 46.0 Å². The van der Waals surface area contributed by atoms with E-state index >= 15 is 0 Å².